The van der Waals surface area contributed by atoms with E-state index >= 15 is 0 Å². The summed E-state index contributed by atoms with van der Waals surface area (Å²) in [5.41, 5.74) is 0.911. The third-order valence-electron chi connectivity index (χ3n) is 2.26. The summed E-state index contributed by atoms with van der Waals surface area (Å²) in [7, 11) is 0. The zero-order valence-electron chi connectivity index (χ0n) is 9.35. The summed E-state index contributed by atoms with van der Waals surface area (Å²) in [4.78, 5) is 19.1. The first-order valence-corrected chi connectivity index (χ1v) is 5.23. The van der Waals surface area contributed by atoms with Crippen LogP contribution < -0.4 is 0 Å². The van der Waals surface area contributed by atoms with Gasteiger partial charge in [0.1, 0.15) is 17.4 Å². The van der Waals surface area contributed by atoms with Gasteiger partial charge in [0.05, 0.1) is 12.1 Å². The molecule has 1 aromatic carbocycles. The molecule has 2 aromatic rings. The lowest BCUT2D eigenvalue weighted by Gasteiger charge is -2.03. The van der Waals surface area contributed by atoms with Crippen molar-refractivity contribution in [1.29, 1.82) is 0 Å². The van der Waals surface area contributed by atoms with E-state index in [2.05, 4.69) is 9.97 Å². The highest BCUT2D eigenvalue weighted by atomic mass is 19.1. The molecule has 0 saturated carbocycles. The maximum atomic E-state index is 13.5. The fourth-order valence-corrected chi connectivity index (χ4v) is 1.53. The van der Waals surface area contributed by atoms with Crippen molar-refractivity contribution in [2.75, 3.05) is 0 Å². The van der Waals surface area contributed by atoms with E-state index in [4.69, 9.17) is 0 Å². The van der Waals surface area contributed by atoms with Crippen molar-refractivity contribution < 1.29 is 9.18 Å². The van der Waals surface area contributed by atoms with Crippen molar-refractivity contribution in [1.82, 2.24) is 9.97 Å². The second-order valence-corrected chi connectivity index (χ2v) is 3.72. The zero-order valence-corrected chi connectivity index (χ0v) is 9.35. The van der Waals surface area contributed by atoms with E-state index in [0.717, 1.165) is 0 Å². The van der Waals surface area contributed by atoms with Crippen LogP contribution in [0, 0.1) is 5.82 Å². The highest BCUT2D eigenvalue weighted by Crippen LogP contribution is 2.19. The number of Topliss-reactive ketones (excluding diaryl/α,β-unsaturated/α-hetero) is 1. The van der Waals surface area contributed by atoms with Gasteiger partial charge in [-0.25, -0.2) is 14.4 Å². The number of carbonyl (C=O) groups excluding carboxylic acids is 1. The minimum atomic E-state index is -0.333. The van der Waals surface area contributed by atoms with Crippen molar-refractivity contribution >= 4 is 5.78 Å². The SMILES string of the molecule is CC(=O)Cc1nccc(-c2ccccc2F)n1. The molecule has 86 valence electrons. The number of carbonyl (C=O) groups is 1. The molecule has 4 heteroatoms. The Morgan fingerprint density at radius 2 is 2.06 bits per heavy atom. The van der Waals surface area contributed by atoms with E-state index in [1.807, 2.05) is 0 Å². The van der Waals surface area contributed by atoms with E-state index in [-0.39, 0.29) is 18.0 Å². The molecule has 1 aromatic heterocycles. The maximum Gasteiger partial charge on any atom is 0.137 e. The topological polar surface area (TPSA) is 42.9 Å². The monoisotopic (exact) mass is 230 g/mol. The van der Waals surface area contributed by atoms with Crippen LogP contribution in [0.5, 0.6) is 0 Å². The Hall–Kier alpha value is -2.10. The average Bonchev–Trinajstić information content (AvgIpc) is 2.29. The second kappa shape index (κ2) is 4.82. The molecular formula is C13H11FN2O. The van der Waals surface area contributed by atoms with E-state index in [1.54, 1.807) is 24.3 Å². The second-order valence-electron chi connectivity index (χ2n) is 3.72. The highest BCUT2D eigenvalue weighted by molar-refractivity contribution is 5.77. The molecule has 2 rings (SSSR count). The molecule has 0 saturated heterocycles. The Labute approximate surface area is 98.3 Å². The molecule has 0 unspecified atom stereocenters. The number of rotatable bonds is 3. The normalized spacial score (nSPS) is 10.2. The lowest BCUT2D eigenvalue weighted by Crippen LogP contribution is -2.03. The van der Waals surface area contributed by atoms with Crippen molar-refractivity contribution in [2.45, 2.75) is 13.3 Å². The fraction of sp³-hybridized carbons (Fsp3) is 0.154. The zero-order chi connectivity index (χ0) is 12.3. The van der Waals surface area contributed by atoms with Gasteiger partial charge in [-0.15, -0.1) is 0 Å². The Balaban J connectivity index is 2.40. The van der Waals surface area contributed by atoms with E-state index in [0.29, 0.717) is 17.1 Å². The van der Waals surface area contributed by atoms with Crippen LogP contribution in [0.15, 0.2) is 36.5 Å². The molecule has 0 fully saturated rings. The molecule has 0 aliphatic rings. The number of nitrogens with zero attached hydrogens (tertiary/aromatic N) is 2. The van der Waals surface area contributed by atoms with Crippen molar-refractivity contribution in [3.05, 3.63) is 48.2 Å². The summed E-state index contributed by atoms with van der Waals surface area (Å²) in [6.45, 7) is 1.47. The first-order chi connectivity index (χ1) is 8.16. The first-order valence-electron chi connectivity index (χ1n) is 5.23. The quantitative estimate of drug-likeness (QED) is 0.813. The van der Waals surface area contributed by atoms with Gasteiger partial charge in [0.2, 0.25) is 0 Å². The minimum absolute atomic E-state index is 0.0179. The van der Waals surface area contributed by atoms with Crippen LogP contribution in [0.4, 0.5) is 4.39 Å². The molecule has 0 aliphatic heterocycles. The van der Waals surface area contributed by atoms with Gasteiger partial charge in [-0.3, -0.25) is 4.79 Å². The Morgan fingerprint density at radius 1 is 1.29 bits per heavy atom. The Morgan fingerprint density at radius 3 is 2.76 bits per heavy atom. The van der Waals surface area contributed by atoms with Gasteiger partial charge in [0, 0.05) is 11.8 Å². The average molecular weight is 230 g/mol. The number of hydrogen-bond donors (Lipinski definition) is 0. The van der Waals surface area contributed by atoms with Crippen LogP contribution in [0.25, 0.3) is 11.3 Å². The third-order valence-corrected chi connectivity index (χ3v) is 2.26. The Bertz CT molecular complexity index is 555. The predicted molar refractivity (Wildman–Crippen MR) is 61.8 cm³/mol. The van der Waals surface area contributed by atoms with E-state index in [1.165, 1.54) is 19.2 Å². The molecule has 0 amide bonds. The highest BCUT2D eigenvalue weighted by Gasteiger charge is 2.07. The molecule has 0 bridgehead atoms. The number of ketones is 1. The summed E-state index contributed by atoms with van der Waals surface area (Å²) in [6.07, 6.45) is 1.70. The van der Waals surface area contributed by atoms with Crippen LogP contribution in [-0.2, 0) is 11.2 Å². The molecule has 0 radical (unpaired) electrons. The Kier molecular flexibility index (Phi) is 3.23. The largest absolute Gasteiger partial charge is 0.300 e. The maximum absolute atomic E-state index is 13.5. The standard InChI is InChI=1S/C13H11FN2O/c1-9(17)8-13-15-7-6-12(16-13)10-4-2-3-5-11(10)14/h2-7H,8H2,1H3. The molecule has 1 heterocycles. The van der Waals surface area contributed by atoms with E-state index in [9.17, 15) is 9.18 Å². The summed E-state index contributed by atoms with van der Waals surface area (Å²) in [5.74, 6) is 0.0638. The van der Waals surface area contributed by atoms with Crippen molar-refractivity contribution in [3.63, 3.8) is 0 Å². The van der Waals surface area contributed by atoms with Gasteiger partial charge in [-0.1, -0.05) is 12.1 Å². The molecular weight excluding hydrogens is 219 g/mol. The van der Waals surface area contributed by atoms with Crippen LogP contribution in [0.1, 0.15) is 12.7 Å². The van der Waals surface area contributed by atoms with Crippen LogP contribution in [-0.4, -0.2) is 15.8 Å². The third kappa shape index (κ3) is 2.72. The number of halogens is 1. The summed E-state index contributed by atoms with van der Waals surface area (Å²) >= 11 is 0. The van der Waals surface area contributed by atoms with Crippen LogP contribution in [0.2, 0.25) is 0 Å². The smallest absolute Gasteiger partial charge is 0.137 e. The van der Waals surface area contributed by atoms with Gasteiger partial charge < -0.3 is 0 Å². The van der Waals surface area contributed by atoms with Crippen molar-refractivity contribution in [2.24, 2.45) is 0 Å². The molecule has 3 nitrogen and oxygen atoms in total. The fourth-order valence-electron chi connectivity index (χ4n) is 1.53. The summed E-state index contributed by atoms with van der Waals surface area (Å²) < 4.78 is 13.5. The number of hydrogen-bond acceptors (Lipinski definition) is 3. The molecule has 0 aliphatic carbocycles. The van der Waals surface area contributed by atoms with Gasteiger partial charge in [-0.2, -0.15) is 0 Å². The van der Waals surface area contributed by atoms with Crippen LogP contribution in [0.3, 0.4) is 0 Å². The predicted octanol–water partition coefficient (Wildman–Crippen LogP) is 2.41. The molecule has 17 heavy (non-hydrogen) atoms. The number of benzene rings is 1. The number of aromatic nitrogens is 2. The van der Waals surface area contributed by atoms with Crippen molar-refractivity contribution in [3.8, 4) is 11.3 Å². The van der Waals surface area contributed by atoms with E-state index < -0.39 is 0 Å². The van der Waals surface area contributed by atoms with Crippen LogP contribution >= 0.6 is 0 Å². The van der Waals surface area contributed by atoms with Gasteiger partial charge in [-0.05, 0) is 25.1 Å². The van der Waals surface area contributed by atoms with Gasteiger partial charge >= 0.3 is 0 Å². The summed E-state index contributed by atoms with van der Waals surface area (Å²) in [5, 5.41) is 0. The first kappa shape index (κ1) is 11.4. The lowest BCUT2D eigenvalue weighted by atomic mass is 10.1. The summed E-state index contributed by atoms with van der Waals surface area (Å²) in [6, 6.07) is 8.01. The van der Waals surface area contributed by atoms with Gasteiger partial charge in [0.25, 0.3) is 0 Å². The molecule has 0 N–H and O–H groups in total. The lowest BCUT2D eigenvalue weighted by molar-refractivity contribution is -0.116. The molecule has 0 spiro atoms. The molecule has 0 atom stereocenters. The minimum Gasteiger partial charge on any atom is -0.300 e. The van der Waals surface area contributed by atoms with Gasteiger partial charge in [0.15, 0.2) is 0 Å².